The Labute approximate surface area is 546 Å². The molecule has 26 nitrogen and oxygen atoms in total. The van der Waals surface area contributed by atoms with Crippen LogP contribution in [0, 0.1) is 0 Å². The van der Waals surface area contributed by atoms with Gasteiger partial charge in [-0.3, -0.25) is 43.6 Å². The van der Waals surface area contributed by atoms with Crippen LogP contribution < -0.4 is 34.3 Å². The predicted octanol–water partition coefficient (Wildman–Crippen LogP) is 5.71. The number of hydroxylamine groups is 2. The molecule has 4 fully saturated rings. The monoisotopic (exact) mass is 1310 g/mol. The number of carbonyl (C=O) groups excluding carboxylic acids is 7. The van der Waals surface area contributed by atoms with Crippen LogP contribution in [0.4, 0.5) is 11.4 Å². The zero-order chi connectivity index (χ0) is 65.9. The lowest BCUT2D eigenvalue weighted by Crippen LogP contribution is -2.49. The van der Waals surface area contributed by atoms with Crippen LogP contribution in [-0.2, 0) is 61.0 Å². The molecule has 6 aliphatic heterocycles. The number of nitrogens with one attached hydrogen (secondary N) is 2. The summed E-state index contributed by atoms with van der Waals surface area (Å²) in [5.74, 6) is 0.434. The molecule has 1 aromatic heterocycles. The number of nitrogens with zero attached hydrogens (tertiary/aromatic N) is 7. The van der Waals surface area contributed by atoms with Crippen molar-refractivity contribution in [3.8, 4) is 28.7 Å². The zero-order valence-corrected chi connectivity index (χ0v) is 54.9. The Bertz CT molecular complexity index is 3240. The second-order valence-electron chi connectivity index (χ2n) is 23.7. The van der Waals surface area contributed by atoms with Crippen molar-refractivity contribution in [3.05, 3.63) is 82.2 Å². The Balaban J connectivity index is 0.685. The number of aromatic nitrogens is 1. The van der Waals surface area contributed by atoms with E-state index in [0.29, 0.717) is 179 Å². The van der Waals surface area contributed by atoms with Crippen LogP contribution in [0.5, 0.6) is 28.7 Å². The van der Waals surface area contributed by atoms with Crippen molar-refractivity contribution < 1.29 is 81.0 Å². The number of thioether (sulfide) groups is 1. The molecule has 2 N–H and O–H groups in total. The molecule has 9 rings (SSSR count). The van der Waals surface area contributed by atoms with Crippen LogP contribution >= 0.6 is 11.8 Å². The van der Waals surface area contributed by atoms with Crippen LogP contribution in [0.15, 0.2) is 64.7 Å². The zero-order valence-electron chi connectivity index (χ0n) is 54.1. The van der Waals surface area contributed by atoms with E-state index in [9.17, 15) is 33.6 Å². The Morgan fingerprint density at radius 3 is 1.95 bits per heavy atom. The van der Waals surface area contributed by atoms with Gasteiger partial charge in [-0.05, 0) is 45.2 Å². The van der Waals surface area contributed by atoms with E-state index in [0.717, 1.165) is 12.8 Å². The molecule has 4 saturated heterocycles. The lowest BCUT2D eigenvalue weighted by Gasteiger charge is -2.35. The molecule has 1 unspecified atom stereocenters. The number of allylic oxidation sites excluding steroid dienone is 2. The van der Waals surface area contributed by atoms with E-state index in [1.807, 2.05) is 66.8 Å². The summed E-state index contributed by atoms with van der Waals surface area (Å²) < 4.78 is 52.4. The van der Waals surface area contributed by atoms with Gasteiger partial charge in [-0.1, -0.05) is 37.1 Å². The minimum absolute atomic E-state index is 0.0136. The Hall–Kier alpha value is -7.82. The van der Waals surface area contributed by atoms with Gasteiger partial charge in [0.05, 0.1) is 125 Å². The Kier molecular flexibility index (Phi) is 25.3. The van der Waals surface area contributed by atoms with Crippen LogP contribution in [0.25, 0.3) is 0 Å². The summed E-state index contributed by atoms with van der Waals surface area (Å²) in [6.07, 6.45) is 8.47. The molecule has 27 heteroatoms. The summed E-state index contributed by atoms with van der Waals surface area (Å²) in [5.41, 5.74) is 5.63. The Morgan fingerprint density at radius 2 is 1.29 bits per heavy atom. The molecular formula is C66H87N9O17S. The number of aliphatic imine (C=N–C) groups is 1. The molecule has 0 aliphatic carbocycles. The molecule has 2 aromatic carbocycles. The van der Waals surface area contributed by atoms with Crippen molar-refractivity contribution in [1.82, 2.24) is 35.0 Å². The molecule has 93 heavy (non-hydrogen) atoms. The maximum Gasteiger partial charge on any atom is 0.335 e. The lowest BCUT2D eigenvalue weighted by molar-refractivity contribution is -0.198. The molecule has 3 aromatic rings. The quantitative estimate of drug-likeness (QED) is 0.0411. The number of pyridine rings is 1. The topological polar surface area (TPSA) is 277 Å². The highest BCUT2D eigenvalue weighted by molar-refractivity contribution is 8.01. The molecule has 7 heterocycles. The SMILES string of the molecule is C/C=C1\CC2CNc3cc(OCc4cc(OCCN5CCN(C(=O)CCC(C)(C)SCC(=O)NCCOCCOCCOCCOCCC(=O)ON6C(=O)CCC6=O)CC5)cc(COc5cc6c(cc5OC)C(=O)N5C/C(=C/C)C[C@H]5C=N6)n4)c(OC)cc3C(=O)N2C1. The largest absolute Gasteiger partial charge is 0.493 e. The van der Waals surface area contributed by atoms with E-state index in [1.54, 1.807) is 25.3 Å². The summed E-state index contributed by atoms with van der Waals surface area (Å²) in [7, 11) is 3.08. The molecule has 504 valence electrons. The number of piperazine rings is 1. The van der Waals surface area contributed by atoms with E-state index >= 15 is 0 Å². The fourth-order valence-corrected chi connectivity index (χ4v) is 12.2. The number of ether oxygens (including phenoxy) is 9. The van der Waals surface area contributed by atoms with Gasteiger partial charge in [-0.2, -0.15) is 0 Å². The number of benzene rings is 2. The van der Waals surface area contributed by atoms with Gasteiger partial charge in [0, 0.05) is 113 Å². The van der Waals surface area contributed by atoms with Crippen LogP contribution in [0.1, 0.15) is 105 Å². The standard InChI is InChI=1S/C66H87N9O17S/c1-7-44-29-48-37-68-53-35-57(55(83-5)33-51(53)64(81)73(48)39-44)90-41-46-31-50(32-47(70-46)42-91-58-36-54-52(34-56(58)84-6)65(82)74-40-45(8-2)30-49(74)38-69-54)89-22-19-71-15-17-72(18-16-71)60(77)11-13-66(3,4)93-43-59(76)67-14-21-86-24-26-88-28-27-87-25-23-85-20-12-63(80)92-75-61(78)9-10-62(75)79/h7-8,31-37,48-49,69H,9-30,38-43H2,1-6H3,(H,67,76)/b44-7+,45-8+/t48-,49?/m0/s1. The van der Waals surface area contributed by atoms with Gasteiger partial charge in [0.15, 0.2) is 23.0 Å². The van der Waals surface area contributed by atoms with Gasteiger partial charge >= 0.3 is 5.97 Å². The van der Waals surface area contributed by atoms with Gasteiger partial charge in [0.25, 0.3) is 23.6 Å². The Morgan fingerprint density at radius 1 is 0.688 bits per heavy atom. The van der Waals surface area contributed by atoms with E-state index in [2.05, 4.69) is 27.7 Å². The second-order valence-corrected chi connectivity index (χ2v) is 25.4. The molecule has 0 spiro atoms. The van der Waals surface area contributed by atoms with Crippen molar-refractivity contribution in [3.63, 3.8) is 0 Å². The normalized spacial score (nSPS) is 18.9. The minimum Gasteiger partial charge on any atom is -0.493 e. The number of carbonyl (C=O) groups is 7. The van der Waals surface area contributed by atoms with Crippen molar-refractivity contribution >= 4 is 70.8 Å². The molecular weight excluding hydrogens is 1220 g/mol. The third-order valence-electron chi connectivity index (χ3n) is 16.8. The summed E-state index contributed by atoms with van der Waals surface area (Å²) in [5, 5.41) is 6.88. The van der Waals surface area contributed by atoms with Gasteiger partial charge in [0.2, 0.25) is 11.8 Å². The van der Waals surface area contributed by atoms with Crippen LogP contribution in [-0.4, -0.2) is 232 Å². The van der Waals surface area contributed by atoms with Gasteiger partial charge < -0.3 is 72.8 Å². The first-order chi connectivity index (χ1) is 45.0. The fourth-order valence-electron chi connectivity index (χ4n) is 11.4. The minimum atomic E-state index is -0.723. The van der Waals surface area contributed by atoms with Crippen molar-refractivity contribution in [2.24, 2.45) is 4.99 Å². The first kappa shape index (κ1) is 69.5. The highest BCUT2D eigenvalue weighted by Crippen LogP contribution is 2.41. The van der Waals surface area contributed by atoms with Gasteiger partial charge in [-0.15, -0.1) is 16.8 Å². The van der Waals surface area contributed by atoms with Crippen LogP contribution in [0.3, 0.4) is 0 Å². The van der Waals surface area contributed by atoms with Crippen molar-refractivity contribution in [2.75, 3.05) is 144 Å². The summed E-state index contributed by atoms with van der Waals surface area (Å²) in [6.45, 7) is 16.0. The van der Waals surface area contributed by atoms with Crippen molar-refractivity contribution in [1.29, 1.82) is 0 Å². The smallest absolute Gasteiger partial charge is 0.335 e. The highest BCUT2D eigenvalue weighted by Gasteiger charge is 2.38. The first-order valence-electron chi connectivity index (χ1n) is 31.8. The molecule has 2 atom stereocenters. The number of anilines is 1. The maximum absolute atomic E-state index is 13.8. The predicted molar refractivity (Wildman–Crippen MR) is 344 cm³/mol. The molecule has 0 bridgehead atoms. The van der Waals surface area contributed by atoms with E-state index in [4.69, 9.17) is 57.4 Å². The average Bonchev–Trinajstić information content (AvgIpc) is 1.70. The lowest BCUT2D eigenvalue weighted by atomic mass is 10.1. The van der Waals surface area contributed by atoms with E-state index in [1.165, 1.54) is 30.0 Å². The first-order valence-corrected chi connectivity index (χ1v) is 32.8. The number of fused-ring (bicyclic) bond motifs is 4. The number of hydrogen-bond donors (Lipinski definition) is 2. The number of rotatable bonds is 34. The number of imide groups is 1. The third kappa shape index (κ3) is 19.4. The maximum atomic E-state index is 13.8. The van der Waals surface area contributed by atoms with Crippen LogP contribution in [0.2, 0.25) is 0 Å². The molecule has 6 aliphatic rings. The average molecular weight is 1310 g/mol. The second kappa shape index (κ2) is 33.8. The van der Waals surface area contributed by atoms with Gasteiger partial charge in [-0.25, -0.2) is 4.79 Å². The fraction of sp³-hybridized carbons (Fsp3) is 0.561. The molecule has 6 amide bonds. The summed E-state index contributed by atoms with van der Waals surface area (Å²) in [6, 6.07) is 10.5. The summed E-state index contributed by atoms with van der Waals surface area (Å²) >= 11 is 1.51. The van der Waals surface area contributed by atoms with E-state index < -0.39 is 17.8 Å². The third-order valence-corrected chi connectivity index (χ3v) is 18.2. The van der Waals surface area contributed by atoms with E-state index in [-0.39, 0.29) is 98.5 Å². The number of hydrogen-bond acceptors (Lipinski definition) is 22. The highest BCUT2D eigenvalue weighted by atomic mass is 32.2. The summed E-state index contributed by atoms with van der Waals surface area (Å²) in [4.78, 5) is 111. The molecule has 0 saturated carbocycles. The number of amides is 6. The number of methoxy groups -OCH3 is 2. The van der Waals surface area contributed by atoms with Crippen molar-refractivity contribution in [2.45, 2.75) is 103 Å². The molecule has 0 radical (unpaired) electrons. The van der Waals surface area contributed by atoms with Gasteiger partial charge in [0.1, 0.15) is 25.6 Å².